The Balaban J connectivity index is 2.77. The molecule has 1 aliphatic carbocycles. The van der Waals surface area contributed by atoms with E-state index in [2.05, 4.69) is 19.2 Å². The SMILES string of the molecule is CCC(C)(C(=O)NC1CCCCC1(C)C)C(N)=S. The van der Waals surface area contributed by atoms with Gasteiger partial charge in [0.15, 0.2) is 0 Å². The van der Waals surface area contributed by atoms with Crippen LogP contribution in [-0.4, -0.2) is 16.9 Å². The van der Waals surface area contributed by atoms with Crippen LogP contribution in [0, 0.1) is 10.8 Å². The molecule has 1 aliphatic rings. The van der Waals surface area contributed by atoms with Gasteiger partial charge >= 0.3 is 0 Å². The van der Waals surface area contributed by atoms with Crippen LogP contribution < -0.4 is 11.1 Å². The van der Waals surface area contributed by atoms with Gasteiger partial charge in [0.2, 0.25) is 5.91 Å². The lowest BCUT2D eigenvalue weighted by Gasteiger charge is -2.40. The van der Waals surface area contributed by atoms with Gasteiger partial charge in [-0.1, -0.05) is 45.8 Å². The molecule has 0 aromatic rings. The highest BCUT2D eigenvalue weighted by atomic mass is 32.1. The number of amides is 1. The van der Waals surface area contributed by atoms with E-state index in [1.807, 2.05) is 13.8 Å². The van der Waals surface area contributed by atoms with E-state index in [0.717, 1.165) is 12.8 Å². The summed E-state index contributed by atoms with van der Waals surface area (Å²) in [5.74, 6) is -0.0162. The van der Waals surface area contributed by atoms with E-state index in [1.54, 1.807) is 0 Å². The minimum atomic E-state index is -0.719. The number of nitrogens with two attached hydrogens (primary N) is 1. The Morgan fingerprint density at radius 1 is 1.50 bits per heavy atom. The summed E-state index contributed by atoms with van der Waals surface area (Å²) in [5, 5.41) is 3.18. The second-order valence-electron chi connectivity index (χ2n) is 6.31. The van der Waals surface area contributed by atoms with Crippen LogP contribution in [0.25, 0.3) is 0 Å². The molecule has 0 aromatic heterocycles. The fraction of sp³-hybridized carbons (Fsp3) is 0.857. The zero-order chi connectivity index (χ0) is 14.0. The average Bonchev–Trinajstić information content (AvgIpc) is 2.30. The van der Waals surface area contributed by atoms with Crippen LogP contribution in [0.4, 0.5) is 0 Å². The number of hydrogen-bond acceptors (Lipinski definition) is 2. The van der Waals surface area contributed by atoms with Crippen LogP contribution >= 0.6 is 12.2 Å². The van der Waals surface area contributed by atoms with E-state index in [1.165, 1.54) is 12.8 Å². The first-order chi connectivity index (χ1) is 8.24. The molecular formula is C14H26N2OS. The second-order valence-corrected chi connectivity index (χ2v) is 6.75. The molecule has 0 saturated heterocycles. The molecule has 3 nitrogen and oxygen atoms in total. The van der Waals surface area contributed by atoms with Gasteiger partial charge in [0, 0.05) is 6.04 Å². The quantitative estimate of drug-likeness (QED) is 0.772. The average molecular weight is 270 g/mol. The lowest BCUT2D eigenvalue weighted by atomic mass is 9.72. The molecule has 0 aliphatic heterocycles. The number of carbonyl (C=O) groups excluding carboxylic acids is 1. The standard InChI is InChI=1S/C14H26N2OS/c1-5-14(4,11(15)18)12(17)16-10-8-6-7-9-13(10,2)3/h10H,5-9H2,1-4H3,(H2,15,18)(H,16,17). The molecule has 0 radical (unpaired) electrons. The van der Waals surface area contributed by atoms with E-state index >= 15 is 0 Å². The number of hydrogen-bond donors (Lipinski definition) is 2. The maximum Gasteiger partial charge on any atom is 0.232 e. The van der Waals surface area contributed by atoms with Crippen LogP contribution in [0.5, 0.6) is 0 Å². The van der Waals surface area contributed by atoms with Crippen molar-refractivity contribution in [1.29, 1.82) is 0 Å². The minimum absolute atomic E-state index is 0.0162. The van der Waals surface area contributed by atoms with Gasteiger partial charge in [0.1, 0.15) is 0 Å². The van der Waals surface area contributed by atoms with Gasteiger partial charge in [0.05, 0.1) is 10.4 Å². The molecular weight excluding hydrogens is 244 g/mol. The van der Waals surface area contributed by atoms with Crippen LogP contribution in [0.1, 0.15) is 59.8 Å². The highest BCUT2D eigenvalue weighted by molar-refractivity contribution is 7.80. The van der Waals surface area contributed by atoms with Gasteiger partial charge < -0.3 is 11.1 Å². The smallest absolute Gasteiger partial charge is 0.232 e. The predicted octanol–water partition coefficient (Wildman–Crippen LogP) is 2.77. The number of thiocarbonyl (C=S) groups is 1. The summed E-state index contributed by atoms with van der Waals surface area (Å²) in [7, 11) is 0. The Morgan fingerprint density at radius 2 is 2.11 bits per heavy atom. The van der Waals surface area contributed by atoms with Crippen molar-refractivity contribution in [3.8, 4) is 0 Å². The van der Waals surface area contributed by atoms with Crippen molar-refractivity contribution < 1.29 is 4.79 Å². The van der Waals surface area contributed by atoms with Gasteiger partial charge in [-0.2, -0.15) is 0 Å². The van der Waals surface area contributed by atoms with Gasteiger partial charge in [0.25, 0.3) is 0 Å². The summed E-state index contributed by atoms with van der Waals surface area (Å²) < 4.78 is 0. The summed E-state index contributed by atoms with van der Waals surface area (Å²) in [6.07, 6.45) is 5.29. The Bertz CT molecular complexity index is 341. The molecule has 4 heteroatoms. The Labute approximate surface area is 116 Å². The molecule has 1 rings (SSSR count). The summed E-state index contributed by atoms with van der Waals surface area (Å²) in [6, 6.07) is 0.235. The van der Waals surface area contributed by atoms with Crippen molar-refractivity contribution in [2.75, 3.05) is 0 Å². The van der Waals surface area contributed by atoms with E-state index in [4.69, 9.17) is 18.0 Å². The second kappa shape index (κ2) is 5.55. The third-order valence-electron chi connectivity index (χ3n) is 4.56. The normalized spacial score (nSPS) is 26.1. The predicted molar refractivity (Wildman–Crippen MR) is 79.4 cm³/mol. The van der Waals surface area contributed by atoms with Crippen molar-refractivity contribution in [2.45, 2.75) is 65.8 Å². The van der Waals surface area contributed by atoms with Crippen LogP contribution in [0.15, 0.2) is 0 Å². The maximum atomic E-state index is 12.4. The molecule has 1 fully saturated rings. The molecule has 2 unspecified atom stereocenters. The van der Waals surface area contributed by atoms with Gasteiger partial charge in [-0.25, -0.2) is 0 Å². The first-order valence-corrected chi connectivity index (χ1v) is 7.25. The summed E-state index contributed by atoms with van der Waals surface area (Å²) in [6.45, 7) is 8.23. The van der Waals surface area contributed by atoms with E-state index in [9.17, 15) is 4.79 Å². The molecule has 18 heavy (non-hydrogen) atoms. The van der Waals surface area contributed by atoms with Gasteiger partial charge in [-0.15, -0.1) is 0 Å². The third-order valence-corrected chi connectivity index (χ3v) is 5.02. The van der Waals surface area contributed by atoms with E-state index < -0.39 is 5.41 Å². The van der Waals surface area contributed by atoms with Gasteiger partial charge in [-0.3, -0.25) is 4.79 Å². The summed E-state index contributed by atoms with van der Waals surface area (Å²) >= 11 is 5.05. The molecule has 3 N–H and O–H groups in total. The van der Waals surface area contributed by atoms with Crippen molar-refractivity contribution in [3.63, 3.8) is 0 Å². The summed E-state index contributed by atoms with van der Waals surface area (Å²) in [4.78, 5) is 12.7. The number of nitrogens with one attached hydrogen (secondary N) is 1. The molecule has 1 amide bonds. The molecule has 104 valence electrons. The molecule has 0 aromatic carbocycles. The molecule has 0 bridgehead atoms. The van der Waals surface area contributed by atoms with Crippen molar-refractivity contribution >= 4 is 23.1 Å². The molecule has 1 saturated carbocycles. The Morgan fingerprint density at radius 3 is 2.56 bits per heavy atom. The third kappa shape index (κ3) is 3.02. The van der Waals surface area contributed by atoms with Crippen molar-refractivity contribution in [2.24, 2.45) is 16.6 Å². The van der Waals surface area contributed by atoms with Crippen molar-refractivity contribution in [1.82, 2.24) is 5.32 Å². The highest BCUT2D eigenvalue weighted by Gasteiger charge is 2.39. The number of rotatable bonds is 4. The molecule has 0 heterocycles. The number of carbonyl (C=O) groups is 1. The zero-order valence-corrected chi connectivity index (χ0v) is 12.8. The van der Waals surface area contributed by atoms with E-state index in [0.29, 0.717) is 6.42 Å². The monoisotopic (exact) mass is 270 g/mol. The lowest BCUT2D eigenvalue weighted by Crippen LogP contribution is -2.54. The fourth-order valence-electron chi connectivity index (χ4n) is 2.53. The minimum Gasteiger partial charge on any atom is -0.392 e. The van der Waals surface area contributed by atoms with E-state index in [-0.39, 0.29) is 22.4 Å². The van der Waals surface area contributed by atoms with Crippen LogP contribution in [0.2, 0.25) is 0 Å². The Kier molecular flexibility index (Phi) is 4.76. The fourth-order valence-corrected chi connectivity index (χ4v) is 2.76. The molecule has 2 atom stereocenters. The van der Waals surface area contributed by atoms with Crippen LogP contribution in [0.3, 0.4) is 0 Å². The first-order valence-electron chi connectivity index (χ1n) is 6.85. The lowest BCUT2D eigenvalue weighted by molar-refractivity contribution is -0.129. The first kappa shape index (κ1) is 15.4. The highest BCUT2D eigenvalue weighted by Crippen LogP contribution is 2.36. The van der Waals surface area contributed by atoms with Gasteiger partial charge in [-0.05, 0) is 31.6 Å². The Hall–Kier alpha value is -0.640. The zero-order valence-electron chi connectivity index (χ0n) is 12.0. The summed E-state index contributed by atoms with van der Waals surface area (Å²) in [5.41, 5.74) is 5.17. The topological polar surface area (TPSA) is 55.1 Å². The molecule has 0 spiro atoms. The van der Waals surface area contributed by atoms with Crippen LogP contribution in [-0.2, 0) is 4.79 Å². The maximum absolute atomic E-state index is 12.4. The largest absolute Gasteiger partial charge is 0.392 e. The van der Waals surface area contributed by atoms with Crippen molar-refractivity contribution in [3.05, 3.63) is 0 Å².